The lowest BCUT2D eigenvalue weighted by molar-refractivity contribution is 0.0950. The van der Waals surface area contributed by atoms with Crippen LogP contribution in [0.3, 0.4) is 0 Å². The fourth-order valence-corrected chi connectivity index (χ4v) is 4.00. The fraction of sp³-hybridized carbons (Fsp3) is 0.526. The minimum atomic E-state index is -0.199. The van der Waals surface area contributed by atoms with Gasteiger partial charge in [0.25, 0.3) is 5.91 Å². The number of benzene rings is 1. The molecule has 0 bridgehead atoms. The molecule has 28 heavy (non-hydrogen) atoms. The number of hydrogen-bond acceptors (Lipinski definition) is 7. The van der Waals surface area contributed by atoms with Gasteiger partial charge in [-0.2, -0.15) is 0 Å². The summed E-state index contributed by atoms with van der Waals surface area (Å²) in [5, 5.41) is 12.3. The molecule has 0 spiro atoms. The van der Waals surface area contributed by atoms with Gasteiger partial charge in [-0.05, 0) is 25.0 Å². The van der Waals surface area contributed by atoms with Crippen molar-refractivity contribution in [3.63, 3.8) is 0 Å². The Labute approximate surface area is 168 Å². The number of nitrogens with zero attached hydrogens (tertiary/aromatic N) is 3. The number of rotatable bonds is 9. The summed E-state index contributed by atoms with van der Waals surface area (Å²) in [5.74, 6) is 2.63. The first-order valence-corrected chi connectivity index (χ1v) is 10.2. The Morgan fingerprint density at radius 3 is 2.93 bits per heavy atom. The van der Waals surface area contributed by atoms with E-state index in [-0.39, 0.29) is 5.91 Å². The fourth-order valence-electron chi connectivity index (χ4n) is 3.00. The maximum absolute atomic E-state index is 12.5. The molecule has 1 N–H and O–H groups in total. The molecule has 1 aromatic heterocycles. The van der Waals surface area contributed by atoms with Crippen molar-refractivity contribution in [1.29, 1.82) is 0 Å². The van der Waals surface area contributed by atoms with Crippen LogP contribution in [0.5, 0.6) is 11.5 Å². The van der Waals surface area contributed by atoms with E-state index in [9.17, 15) is 4.79 Å². The van der Waals surface area contributed by atoms with Crippen LogP contribution in [0.25, 0.3) is 0 Å². The molecular weight excluding hydrogens is 380 g/mol. The van der Waals surface area contributed by atoms with Crippen molar-refractivity contribution in [1.82, 2.24) is 20.1 Å². The summed E-state index contributed by atoms with van der Waals surface area (Å²) in [6, 6.07) is 5.11. The van der Waals surface area contributed by atoms with E-state index in [0.29, 0.717) is 36.1 Å². The molecule has 1 unspecified atom stereocenters. The molecular formula is C19H26N4O4S. The van der Waals surface area contributed by atoms with Gasteiger partial charge in [-0.3, -0.25) is 4.79 Å². The van der Waals surface area contributed by atoms with Crippen molar-refractivity contribution in [2.24, 2.45) is 7.05 Å². The van der Waals surface area contributed by atoms with E-state index in [1.54, 1.807) is 37.1 Å². The molecule has 1 amide bonds. The van der Waals surface area contributed by atoms with Gasteiger partial charge in [-0.15, -0.1) is 10.2 Å². The van der Waals surface area contributed by atoms with Crippen LogP contribution in [0, 0.1) is 0 Å². The predicted octanol–water partition coefficient (Wildman–Crippen LogP) is 2.08. The Morgan fingerprint density at radius 2 is 2.21 bits per heavy atom. The molecule has 2 heterocycles. The van der Waals surface area contributed by atoms with Crippen LogP contribution in [0.1, 0.15) is 29.0 Å². The normalized spacial score (nSPS) is 16.2. The average Bonchev–Trinajstić information content (AvgIpc) is 3.36. The molecule has 152 valence electrons. The second kappa shape index (κ2) is 9.79. The molecule has 1 fully saturated rings. The van der Waals surface area contributed by atoms with E-state index in [4.69, 9.17) is 14.2 Å². The van der Waals surface area contributed by atoms with Crippen LogP contribution in [0.15, 0.2) is 23.4 Å². The van der Waals surface area contributed by atoms with Crippen molar-refractivity contribution < 1.29 is 19.0 Å². The number of hydrogen-bond donors (Lipinski definition) is 1. The minimum Gasteiger partial charge on any atom is -0.497 e. The van der Waals surface area contributed by atoms with Crippen molar-refractivity contribution in [2.45, 2.75) is 30.5 Å². The molecule has 3 rings (SSSR count). The molecule has 2 aromatic rings. The summed E-state index contributed by atoms with van der Waals surface area (Å²) in [7, 11) is 5.05. The second-order valence-electron chi connectivity index (χ2n) is 6.48. The molecule has 1 aromatic carbocycles. The average molecular weight is 407 g/mol. The molecule has 1 aliphatic heterocycles. The summed E-state index contributed by atoms with van der Waals surface area (Å²) in [6.45, 7) is 1.31. The number of ether oxygens (including phenoxy) is 3. The topological polar surface area (TPSA) is 87.5 Å². The van der Waals surface area contributed by atoms with E-state index >= 15 is 0 Å². The van der Waals surface area contributed by atoms with Crippen LogP contribution in [0.2, 0.25) is 0 Å². The number of thioether (sulfide) groups is 1. The zero-order chi connectivity index (χ0) is 19.9. The zero-order valence-corrected chi connectivity index (χ0v) is 17.3. The maximum Gasteiger partial charge on any atom is 0.255 e. The lowest BCUT2D eigenvalue weighted by atomic mass is 10.1. The number of nitrogens with one attached hydrogen (secondary N) is 1. The van der Waals surface area contributed by atoms with E-state index in [1.807, 2.05) is 11.6 Å². The molecule has 9 heteroatoms. The maximum atomic E-state index is 12.5. The van der Waals surface area contributed by atoms with Gasteiger partial charge >= 0.3 is 0 Å². The van der Waals surface area contributed by atoms with Crippen LogP contribution in [-0.2, 0) is 18.2 Å². The first kappa shape index (κ1) is 20.5. The molecule has 0 saturated carbocycles. The number of amides is 1. The van der Waals surface area contributed by atoms with Crippen molar-refractivity contribution in [3.05, 3.63) is 29.6 Å². The Kier molecular flexibility index (Phi) is 7.16. The van der Waals surface area contributed by atoms with Gasteiger partial charge in [0.1, 0.15) is 17.3 Å². The van der Waals surface area contributed by atoms with Crippen molar-refractivity contribution in [2.75, 3.05) is 33.1 Å². The highest BCUT2D eigenvalue weighted by molar-refractivity contribution is 7.99. The number of carbonyl (C=O) groups is 1. The van der Waals surface area contributed by atoms with Crippen LogP contribution >= 0.6 is 11.8 Å². The number of carbonyl (C=O) groups excluding carboxylic acids is 1. The summed E-state index contributed by atoms with van der Waals surface area (Å²) in [6.07, 6.45) is 3.14. The third-order valence-electron chi connectivity index (χ3n) is 4.63. The van der Waals surface area contributed by atoms with E-state index in [0.717, 1.165) is 36.2 Å². The molecule has 1 atom stereocenters. The van der Waals surface area contributed by atoms with Gasteiger partial charge in [-0.25, -0.2) is 0 Å². The molecule has 1 saturated heterocycles. The third-order valence-corrected chi connectivity index (χ3v) is 5.79. The first-order valence-electron chi connectivity index (χ1n) is 9.25. The van der Waals surface area contributed by atoms with Gasteiger partial charge < -0.3 is 24.1 Å². The summed E-state index contributed by atoms with van der Waals surface area (Å²) in [5.41, 5.74) is 0.467. The number of aromatic nitrogens is 3. The predicted molar refractivity (Wildman–Crippen MR) is 106 cm³/mol. The largest absolute Gasteiger partial charge is 0.497 e. The van der Waals surface area contributed by atoms with E-state index < -0.39 is 0 Å². The smallest absolute Gasteiger partial charge is 0.255 e. The summed E-state index contributed by atoms with van der Waals surface area (Å²) in [4.78, 5) is 12.5. The van der Waals surface area contributed by atoms with Crippen molar-refractivity contribution >= 4 is 17.7 Å². The SMILES string of the molecule is COc1ccc(C(=O)NCCc2nnc(SCC3CCCO3)n2C)c(OC)c1. The molecule has 8 nitrogen and oxygen atoms in total. The van der Waals surface area contributed by atoms with Crippen LogP contribution < -0.4 is 14.8 Å². The van der Waals surface area contributed by atoms with Crippen LogP contribution in [0.4, 0.5) is 0 Å². The number of methoxy groups -OCH3 is 2. The summed E-state index contributed by atoms with van der Waals surface area (Å²) >= 11 is 1.66. The van der Waals surface area contributed by atoms with E-state index in [1.165, 1.54) is 7.11 Å². The molecule has 0 aliphatic carbocycles. The lowest BCUT2D eigenvalue weighted by Gasteiger charge is -2.11. The lowest BCUT2D eigenvalue weighted by Crippen LogP contribution is -2.26. The first-order chi connectivity index (χ1) is 13.6. The van der Waals surface area contributed by atoms with Crippen LogP contribution in [-0.4, -0.2) is 59.9 Å². The highest BCUT2D eigenvalue weighted by Crippen LogP contribution is 2.25. The summed E-state index contributed by atoms with van der Waals surface area (Å²) < 4.78 is 18.1. The zero-order valence-electron chi connectivity index (χ0n) is 16.4. The highest BCUT2D eigenvalue weighted by Gasteiger charge is 2.18. The Balaban J connectivity index is 1.51. The highest BCUT2D eigenvalue weighted by atomic mass is 32.2. The molecule has 0 radical (unpaired) electrons. The van der Waals surface area contributed by atoms with E-state index in [2.05, 4.69) is 15.5 Å². The minimum absolute atomic E-state index is 0.199. The molecule has 1 aliphatic rings. The monoisotopic (exact) mass is 406 g/mol. The second-order valence-corrected chi connectivity index (χ2v) is 7.46. The van der Waals surface area contributed by atoms with Crippen molar-refractivity contribution in [3.8, 4) is 11.5 Å². The Bertz CT molecular complexity index is 805. The quantitative estimate of drug-likeness (QED) is 0.638. The Hall–Kier alpha value is -2.26. The standard InChI is InChI=1S/C19H26N4O4S/c1-23-17(21-22-19(23)28-12-14-5-4-10-27-14)8-9-20-18(24)15-7-6-13(25-2)11-16(15)26-3/h6-7,11,14H,4-5,8-10,12H2,1-3H3,(H,20,24). The van der Waals surface area contributed by atoms with Gasteiger partial charge in [-0.1, -0.05) is 11.8 Å². The van der Waals surface area contributed by atoms with Gasteiger partial charge in [0.2, 0.25) is 0 Å². The van der Waals surface area contributed by atoms with Gasteiger partial charge in [0, 0.05) is 38.4 Å². The third kappa shape index (κ3) is 4.96. The Morgan fingerprint density at radius 1 is 1.36 bits per heavy atom. The van der Waals surface area contributed by atoms with Gasteiger partial charge in [0.05, 0.1) is 25.9 Å². The van der Waals surface area contributed by atoms with Gasteiger partial charge in [0.15, 0.2) is 5.16 Å².